The predicted molar refractivity (Wildman–Crippen MR) is 73.7 cm³/mol. The van der Waals surface area contributed by atoms with Crippen LogP contribution in [0.25, 0.3) is 0 Å². The first kappa shape index (κ1) is 13.9. The third-order valence-corrected chi connectivity index (χ3v) is 4.83. The zero-order valence-electron chi connectivity index (χ0n) is 9.11. The fourth-order valence-corrected chi connectivity index (χ4v) is 3.68. The normalized spacial score (nSPS) is 11.2. The lowest BCUT2D eigenvalue weighted by Crippen LogP contribution is -2.12. The maximum atomic E-state index is 12.0. The summed E-state index contributed by atoms with van der Waals surface area (Å²) in [6, 6.07) is 6.09. The van der Waals surface area contributed by atoms with Gasteiger partial charge in [0.2, 0.25) is 5.13 Å². The van der Waals surface area contributed by atoms with Gasteiger partial charge in [-0.1, -0.05) is 22.0 Å². The second-order valence-electron chi connectivity index (χ2n) is 3.32. The Hall–Kier alpha value is -1.52. The Morgan fingerprint density at radius 1 is 1.42 bits per heavy atom. The van der Waals surface area contributed by atoms with Gasteiger partial charge < -0.3 is 0 Å². The largest absolute Gasteiger partial charge is 0.345 e. The highest BCUT2D eigenvalue weighted by Crippen LogP contribution is 2.27. The summed E-state index contributed by atoms with van der Waals surface area (Å²) in [6.45, 7) is 0. The van der Waals surface area contributed by atoms with Crippen LogP contribution in [-0.4, -0.2) is 18.3 Å². The van der Waals surface area contributed by atoms with Crippen LogP contribution in [0, 0.1) is 10.1 Å². The number of rotatable bonds is 4. The lowest BCUT2D eigenvalue weighted by atomic mass is 10.4. The van der Waals surface area contributed by atoms with Gasteiger partial charge in [0, 0.05) is 4.47 Å². The minimum atomic E-state index is -3.80. The monoisotopic (exact) mass is 363 g/mol. The first-order chi connectivity index (χ1) is 8.88. The first-order valence-electron chi connectivity index (χ1n) is 4.77. The van der Waals surface area contributed by atoms with Gasteiger partial charge in [-0.2, -0.15) is 0 Å². The Bertz CT molecular complexity index is 729. The smallest absolute Gasteiger partial charge is 0.257 e. The number of aromatic nitrogens is 1. The number of benzene rings is 1. The van der Waals surface area contributed by atoms with Gasteiger partial charge in [0.15, 0.2) is 0 Å². The molecule has 7 nitrogen and oxygen atoms in total. The molecular weight excluding hydrogens is 358 g/mol. The van der Waals surface area contributed by atoms with E-state index in [-0.39, 0.29) is 15.0 Å². The van der Waals surface area contributed by atoms with Gasteiger partial charge in [0.1, 0.15) is 6.20 Å². The topological polar surface area (TPSA) is 102 Å². The molecule has 0 unspecified atom stereocenters. The van der Waals surface area contributed by atoms with E-state index in [0.717, 1.165) is 6.20 Å². The van der Waals surface area contributed by atoms with Gasteiger partial charge in [0.05, 0.1) is 9.82 Å². The van der Waals surface area contributed by atoms with Crippen LogP contribution < -0.4 is 4.72 Å². The first-order valence-corrected chi connectivity index (χ1v) is 7.86. The number of anilines is 1. The van der Waals surface area contributed by atoms with Crippen molar-refractivity contribution in [3.63, 3.8) is 0 Å². The molecule has 1 N–H and O–H groups in total. The summed E-state index contributed by atoms with van der Waals surface area (Å²) in [6.07, 6.45) is 1.00. The Morgan fingerprint density at radius 2 is 2.16 bits per heavy atom. The maximum Gasteiger partial charge on any atom is 0.345 e. The van der Waals surface area contributed by atoms with E-state index in [1.807, 2.05) is 0 Å². The summed E-state index contributed by atoms with van der Waals surface area (Å²) in [5.74, 6) is 0. The zero-order chi connectivity index (χ0) is 14.0. The van der Waals surface area contributed by atoms with Crippen LogP contribution in [0.5, 0.6) is 0 Å². The van der Waals surface area contributed by atoms with E-state index >= 15 is 0 Å². The van der Waals surface area contributed by atoms with Crippen molar-refractivity contribution in [3.8, 4) is 0 Å². The molecule has 0 aliphatic heterocycles. The second kappa shape index (κ2) is 5.23. The van der Waals surface area contributed by atoms with E-state index < -0.39 is 14.9 Å². The highest BCUT2D eigenvalue weighted by Gasteiger charge is 2.19. The van der Waals surface area contributed by atoms with E-state index in [4.69, 9.17) is 0 Å². The number of halogens is 1. The molecule has 0 bridgehead atoms. The molecule has 100 valence electrons. The predicted octanol–water partition coefficient (Wildman–Crippen LogP) is 2.61. The highest BCUT2D eigenvalue weighted by molar-refractivity contribution is 9.10. The summed E-state index contributed by atoms with van der Waals surface area (Å²) in [5.41, 5.74) is 0. The third-order valence-electron chi connectivity index (χ3n) is 2.00. The summed E-state index contributed by atoms with van der Waals surface area (Å²) in [7, 11) is -3.80. The van der Waals surface area contributed by atoms with Gasteiger partial charge >= 0.3 is 5.00 Å². The molecule has 10 heteroatoms. The van der Waals surface area contributed by atoms with Crippen LogP contribution >= 0.6 is 27.3 Å². The molecule has 0 atom stereocenters. The minimum absolute atomic E-state index is 0.0414. The van der Waals surface area contributed by atoms with Crippen molar-refractivity contribution in [2.45, 2.75) is 4.90 Å². The van der Waals surface area contributed by atoms with Crippen molar-refractivity contribution in [1.82, 2.24) is 4.98 Å². The van der Waals surface area contributed by atoms with Gasteiger partial charge in [-0.05, 0) is 29.5 Å². The SMILES string of the molecule is O=[N+]([O-])c1cnc(NS(=O)(=O)c2cccc(Br)c2)s1. The molecule has 1 heterocycles. The van der Waals surface area contributed by atoms with Crippen molar-refractivity contribution in [2.75, 3.05) is 4.72 Å². The Kier molecular flexibility index (Phi) is 3.83. The number of nitrogens with zero attached hydrogens (tertiary/aromatic N) is 2. The van der Waals surface area contributed by atoms with Crippen molar-refractivity contribution in [3.05, 3.63) is 45.0 Å². The molecule has 1 aromatic carbocycles. The lowest BCUT2D eigenvalue weighted by molar-refractivity contribution is -0.380. The van der Waals surface area contributed by atoms with Crippen LogP contribution in [-0.2, 0) is 10.0 Å². The molecule has 0 saturated carbocycles. The molecule has 2 aromatic rings. The number of nitro groups is 1. The summed E-state index contributed by atoms with van der Waals surface area (Å²) < 4.78 is 26.8. The van der Waals surface area contributed by atoms with Gasteiger partial charge in [-0.15, -0.1) is 0 Å². The van der Waals surface area contributed by atoms with E-state index in [9.17, 15) is 18.5 Å². The van der Waals surface area contributed by atoms with Crippen molar-refractivity contribution in [2.24, 2.45) is 0 Å². The summed E-state index contributed by atoms with van der Waals surface area (Å²) in [4.78, 5) is 13.5. The van der Waals surface area contributed by atoms with Crippen LogP contribution in [0.1, 0.15) is 0 Å². The van der Waals surface area contributed by atoms with Crippen molar-refractivity contribution < 1.29 is 13.3 Å². The van der Waals surface area contributed by atoms with Crippen LogP contribution in [0.4, 0.5) is 10.1 Å². The van der Waals surface area contributed by atoms with E-state index in [2.05, 4.69) is 25.6 Å². The van der Waals surface area contributed by atoms with Crippen LogP contribution in [0.3, 0.4) is 0 Å². The maximum absolute atomic E-state index is 12.0. The molecule has 0 saturated heterocycles. The number of sulfonamides is 1. The quantitative estimate of drug-likeness (QED) is 0.664. The fourth-order valence-electron chi connectivity index (χ4n) is 1.21. The molecule has 0 radical (unpaired) electrons. The van der Waals surface area contributed by atoms with Gasteiger partial charge in [0.25, 0.3) is 10.0 Å². The van der Waals surface area contributed by atoms with E-state index in [1.165, 1.54) is 12.1 Å². The highest BCUT2D eigenvalue weighted by atomic mass is 79.9. The summed E-state index contributed by atoms with van der Waals surface area (Å²) in [5, 5.41) is 10.2. The average molecular weight is 364 g/mol. The lowest BCUT2D eigenvalue weighted by Gasteiger charge is -2.04. The molecule has 19 heavy (non-hydrogen) atoms. The third kappa shape index (κ3) is 3.28. The number of nitrogens with one attached hydrogen (secondary N) is 1. The second-order valence-corrected chi connectivity index (χ2v) is 6.93. The van der Waals surface area contributed by atoms with E-state index in [1.54, 1.807) is 12.1 Å². The Labute approximate surface area is 120 Å². The molecule has 0 aliphatic rings. The van der Waals surface area contributed by atoms with Gasteiger partial charge in [-0.25, -0.2) is 13.4 Å². The molecule has 0 fully saturated rings. The standard InChI is InChI=1S/C9H6BrN3O4S2/c10-6-2-1-3-7(4-6)19(16,17)12-9-11-5-8(18-9)13(14)15/h1-5H,(H,11,12). The Morgan fingerprint density at radius 3 is 2.74 bits per heavy atom. The number of hydrogen-bond acceptors (Lipinski definition) is 6. The van der Waals surface area contributed by atoms with E-state index in [0.29, 0.717) is 15.8 Å². The molecule has 1 aromatic heterocycles. The van der Waals surface area contributed by atoms with Crippen LogP contribution in [0.15, 0.2) is 39.8 Å². The number of hydrogen-bond donors (Lipinski definition) is 1. The molecule has 2 rings (SSSR count). The minimum Gasteiger partial charge on any atom is -0.257 e. The van der Waals surface area contributed by atoms with Crippen molar-refractivity contribution in [1.29, 1.82) is 0 Å². The number of thiazole rings is 1. The van der Waals surface area contributed by atoms with Crippen molar-refractivity contribution >= 4 is 47.4 Å². The summed E-state index contributed by atoms with van der Waals surface area (Å²) >= 11 is 3.82. The average Bonchev–Trinajstić information content (AvgIpc) is 2.77. The zero-order valence-corrected chi connectivity index (χ0v) is 12.3. The van der Waals surface area contributed by atoms with Gasteiger partial charge in [-0.3, -0.25) is 14.8 Å². The Balaban J connectivity index is 2.28. The molecule has 0 aliphatic carbocycles. The van der Waals surface area contributed by atoms with Crippen LogP contribution in [0.2, 0.25) is 0 Å². The molecule has 0 amide bonds. The molecular formula is C9H6BrN3O4S2. The molecule has 0 spiro atoms. The fraction of sp³-hybridized carbons (Fsp3) is 0.